The molecule has 0 saturated carbocycles. The van der Waals surface area contributed by atoms with E-state index in [0.717, 1.165) is 15.8 Å². The van der Waals surface area contributed by atoms with Crippen LogP contribution in [0.1, 0.15) is 15.9 Å². The van der Waals surface area contributed by atoms with Crippen LogP contribution < -0.4 is 10.9 Å². The summed E-state index contributed by atoms with van der Waals surface area (Å²) in [6, 6.07) is 20.0. The zero-order valence-electron chi connectivity index (χ0n) is 16.1. The van der Waals surface area contributed by atoms with E-state index in [1.165, 1.54) is 15.9 Å². The first-order chi connectivity index (χ1) is 15.1. The summed E-state index contributed by atoms with van der Waals surface area (Å²) < 4.78 is 2.46. The van der Waals surface area contributed by atoms with E-state index >= 15 is 0 Å². The lowest BCUT2D eigenvalue weighted by atomic mass is 10.1. The number of aromatic nitrogens is 3. The summed E-state index contributed by atoms with van der Waals surface area (Å²) in [6.07, 6.45) is 1.63. The minimum absolute atomic E-state index is 0.0359. The molecule has 6 nitrogen and oxygen atoms in total. The average Bonchev–Trinajstić information content (AvgIpc) is 3.19. The molecule has 1 N–H and O–H groups in total. The number of hydrogen-bond acceptors (Lipinski definition) is 5. The predicted octanol–water partition coefficient (Wildman–Crippen LogP) is 4.96. The number of carbonyl (C=O) groups is 1. The molecule has 2 aromatic carbocycles. The maximum Gasteiger partial charge on any atom is 0.265 e. The molecule has 8 heteroatoms. The number of benzene rings is 2. The van der Waals surface area contributed by atoms with E-state index in [0.29, 0.717) is 21.2 Å². The second kappa shape index (κ2) is 7.94. The van der Waals surface area contributed by atoms with Gasteiger partial charge in [-0.05, 0) is 48.0 Å². The molecule has 3 aromatic heterocycles. The molecule has 1 amide bonds. The van der Waals surface area contributed by atoms with E-state index < -0.39 is 11.5 Å². The Morgan fingerprint density at radius 3 is 2.68 bits per heavy atom. The van der Waals surface area contributed by atoms with Gasteiger partial charge in [-0.15, -0.1) is 0 Å². The fraction of sp³-hybridized carbons (Fsp3) is 0.0435. The highest BCUT2D eigenvalue weighted by atomic mass is 35.5. The second-order valence-electron chi connectivity index (χ2n) is 6.93. The number of fused-ring (bicyclic) bond motifs is 2. The zero-order valence-corrected chi connectivity index (χ0v) is 17.7. The molecule has 5 aromatic rings. The Kier molecular flexibility index (Phi) is 4.97. The largest absolute Gasteiger partial charge is 0.298 e. The number of nitrogens with one attached hydrogen (secondary N) is 1. The molecule has 3 heterocycles. The van der Waals surface area contributed by atoms with Crippen LogP contribution in [0.3, 0.4) is 0 Å². The molecule has 0 unspecified atom stereocenters. The topological polar surface area (TPSA) is 76.9 Å². The van der Waals surface area contributed by atoms with Gasteiger partial charge in [0, 0.05) is 16.6 Å². The van der Waals surface area contributed by atoms with Gasteiger partial charge in [0.15, 0.2) is 5.13 Å². The van der Waals surface area contributed by atoms with Crippen molar-refractivity contribution in [2.24, 2.45) is 0 Å². The Bertz CT molecular complexity index is 1460. The van der Waals surface area contributed by atoms with Crippen LogP contribution in [0.25, 0.3) is 21.3 Å². The average molecular weight is 447 g/mol. The van der Waals surface area contributed by atoms with E-state index in [2.05, 4.69) is 15.3 Å². The Labute approximate surface area is 185 Å². The van der Waals surface area contributed by atoms with Gasteiger partial charge in [-0.25, -0.2) is 9.97 Å². The minimum atomic E-state index is -0.500. The molecule has 0 aliphatic rings. The molecule has 0 saturated heterocycles. The van der Waals surface area contributed by atoms with Gasteiger partial charge in [0.2, 0.25) is 0 Å². The highest BCUT2D eigenvalue weighted by Gasteiger charge is 2.18. The number of thiazole rings is 1. The van der Waals surface area contributed by atoms with Crippen LogP contribution in [0.5, 0.6) is 0 Å². The molecule has 0 fully saturated rings. The van der Waals surface area contributed by atoms with Crippen LogP contribution in [-0.4, -0.2) is 20.4 Å². The first kappa shape index (κ1) is 19.4. The van der Waals surface area contributed by atoms with Crippen molar-refractivity contribution < 1.29 is 4.79 Å². The summed E-state index contributed by atoms with van der Waals surface area (Å²) in [7, 11) is 0. The number of para-hydroxylation sites is 1. The van der Waals surface area contributed by atoms with Crippen molar-refractivity contribution in [1.82, 2.24) is 14.5 Å². The smallest absolute Gasteiger partial charge is 0.265 e. The van der Waals surface area contributed by atoms with E-state index in [4.69, 9.17) is 11.6 Å². The molecular weight excluding hydrogens is 432 g/mol. The summed E-state index contributed by atoms with van der Waals surface area (Å²) in [4.78, 5) is 35.1. The molecule has 0 aliphatic carbocycles. The molecule has 0 atom stereocenters. The lowest BCUT2D eigenvalue weighted by molar-refractivity contribution is 0.102. The predicted molar refractivity (Wildman–Crippen MR) is 124 cm³/mol. The third-order valence-electron chi connectivity index (χ3n) is 4.86. The maximum atomic E-state index is 13.3. The Morgan fingerprint density at radius 1 is 1.06 bits per heavy atom. The Hall–Kier alpha value is -3.55. The monoisotopic (exact) mass is 446 g/mol. The summed E-state index contributed by atoms with van der Waals surface area (Å²) in [5.74, 6) is -0.500. The highest BCUT2D eigenvalue weighted by molar-refractivity contribution is 7.22. The minimum Gasteiger partial charge on any atom is -0.298 e. The Morgan fingerprint density at radius 2 is 1.87 bits per heavy atom. The van der Waals surface area contributed by atoms with E-state index in [1.54, 1.807) is 30.5 Å². The van der Waals surface area contributed by atoms with Crippen molar-refractivity contribution in [3.8, 4) is 0 Å². The maximum absolute atomic E-state index is 13.3. The molecule has 0 aliphatic heterocycles. The van der Waals surface area contributed by atoms with Gasteiger partial charge >= 0.3 is 0 Å². The fourth-order valence-corrected chi connectivity index (χ4v) is 4.37. The molecule has 0 spiro atoms. The van der Waals surface area contributed by atoms with Crippen LogP contribution >= 0.6 is 22.9 Å². The quantitative estimate of drug-likeness (QED) is 0.423. The summed E-state index contributed by atoms with van der Waals surface area (Å²) in [6.45, 7) is 0.270. The highest BCUT2D eigenvalue weighted by Crippen LogP contribution is 2.25. The van der Waals surface area contributed by atoms with E-state index in [9.17, 15) is 9.59 Å². The van der Waals surface area contributed by atoms with Gasteiger partial charge in [0.1, 0.15) is 11.2 Å². The van der Waals surface area contributed by atoms with Gasteiger partial charge in [0.25, 0.3) is 11.5 Å². The normalized spacial score (nSPS) is 11.1. The SMILES string of the molecule is O=C(Nc1nc2ccccc2s1)c1cc2cccnc2n(Cc2ccc(Cl)cc2)c1=O. The fourth-order valence-electron chi connectivity index (χ4n) is 3.38. The van der Waals surface area contributed by atoms with Gasteiger partial charge in [0.05, 0.1) is 16.8 Å². The first-order valence-corrected chi connectivity index (χ1v) is 10.7. The Balaban J connectivity index is 1.56. The van der Waals surface area contributed by atoms with Crippen molar-refractivity contribution in [2.75, 3.05) is 5.32 Å². The van der Waals surface area contributed by atoms with Crippen molar-refractivity contribution >= 4 is 55.2 Å². The number of hydrogen-bond donors (Lipinski definition) is 1. The third-order valence-corrected chi connectivity index (χ3v) is 6.06. The van der Waals surface area contributed by atoms with Gasteiger partial charge in [-0.1, -0.05) is 47.2 Å². The zero-order chi connectivity index (χ0) is 21.4. The number of carbonyl (C=O) groups excluding carboxylic acids is 1. The standard InChI is InChI=1S/C23H15ClN4O2S/c24-16-9-7-14(8-10-16)13-28-20-15(4-3-11-25-20)12-17(22(28)30)21(29)27-23-26-18-5-1-2-6-19(18)31-23/h1-12H,13H2,(H,26,27,29). The van der Waals surface area contributed by atoms with Crippen LogP contribution in [0, 0.1) is 0 Å². The number of pyridine rings is 2. The van der Waals surface area contributed by atoms with Gasteiger partial charge in [-0.2, -0.15) is 0 Å². The molecule has 5 rings (SSSR count). The van der Waals surface area contributed by atoms with Gasteiger partial charge < -0.3 is 0 Å². The van der Waals surface area contributed by atoms with Crippen LogP contribution in [0.2, 0.25) is 5.02 Å². The van der Waals surface area contributed by atoms with Crippen molar-refractivity contribution in [3.63, 3.8) is 0 Å². The summed E-state index contributed by atoms with van der Waals surface area (Å²) >= 11 is 7.34. The molecule has 31 heavy (non-hydrogen) atoms. The van der Waals surface area contributed by atoms with E-state index in [-0.39, 0.29) is 12.1 Å². The molecule has 152 valence electrons. The number of amides is 1. The van der Waals surface area contributed by atoms with Crippen molar-refractivity contribution in [3.05, 3.63) is 99.4 Å². The lowest BCUT2D eigenvalue weighted by Gasteiger charge is -2.12. The van der Waals surface area contributed by atoms with E-state index in [1.807, 2.05) is 42.5 Å². The number of nitrogens with zero attached hydrogens (tertiary/aromatic N) is 3. The number of rotatable bonds is 4. The van der Waals surface area contributed by atoms with Crippen molar-refractivity contribution in [2.45, 2.75) is 6.54 Å². The first-order valence-electron chi connectivity index (χ1n) is 9.48. The lowest BCUT2D eigenvalue weighted by Crippen LogP contribution is -2.30. The van der Waals surface area contributed by atoms with Crippen LogP contribution in [0.4, 0.5) is 5.13 Å². The van der Waals surface area contributed by atoms with Crippen molar-refractivity contribution in [1.29, 1.82) is 0 Å². The van der Waals surface area contributed by atoms with Gasteiger partial charge in [-0.3, -0.25) is 19.5 Å². The molecule has 0 bridgehead atoms. The van der Waals surface area contributed by atoms with Crippen LogP contribution in [0.15, 0.2) is 77.7 Å². The third kappa shape index (κ3) is 3.81. The molecule has 0 radical (unpaired) electrons. The van der Waals surface area contributed by atoms with Crippen LogP contribution in [-0.2, 0) is 6.54 Å². The second-order valence-corrected chi connectivity index (χ2v) is 8.40. The number of anilines is 1. The molecular formula is C23H15ClN4O2S. The number of halogens is 1. The summed E-state index contributed by atoms with van der Waals surface area (Å²) in [5.41, 5.74) is 1.81. The summed E-state index contributed by atoms with van der Waals surface area (Å²) in [5, 5.41) is 4.53.